The van der Waals surface area contributed by atoms with Crippen molar-refractivity contribution >= 4 is 11.7 Å². The van der Waals surface area contributed by atoms with Crippen molar-refractivity contribution in [1.82, 2.24) is 15.1 Å². The molecular formula is C8H10N4O. The summed E-state index contributed by atoms with van der Waals surface area (Å²) < 4.78 is 1.59. The summed E-state index contributed by atoms with van der Waals surface area (Å²) >= 11 is 0. The SMILES string of the molecule is C#CCNC(=O)Nc1cnn(C)c1. The number of anilines is 1. The molecule has 0 spiro atoms. The summed E-state index contributed by atoms with van der Waals surface area (Å²) in [6, 6.07) is -0.328. The van der Waals surface area contributed by atoms with Gasteiger partial charge in [-0.2, -0.15) is 5.10 Å². The second kappa shape index (κ2) is 4.16. The zero-order chi connectivity index (χ0) is 9.68. The van der Waals surface area contributed by atoms with Gasteiger partial charge >= 0.3 is 6.03 Å². The number of rotatable bonds is 2. The summed E-state index contributed by atoms with van der Waals surface area (Å²) in [5.74, 6) is 2.30. The molecule has 1 aromatic rings. The maximum Gasteiger partial charge on any atom is 0.320 e. The minimum atomic E-state index is -0.328. The molecule has 0 saturated heterocycles. The molecule has 0 aromatic carbocycles. The van der Waals surface area contributed by atoms with Crippen LogP contribution >= 0.6 is 0 Å². The van der Waals surface area contributed by atoms with Crippen LogP contribution in [0.5, 0.6) is 0 Å². The van der Waals surface area contributed by atoms with E-state index in [0.717, 1.165) is 0 Å². The lowest BCUT2D eigenvalue weighted by molar-refractivity contribution is 0.253. The molecule has 2 N–H and O–H groups in total. The molecule has 0 unspecified atom stereocenters. The molecule has 0 aliphatic rings. The molecule has 5 nitrogen and oxygen atoms in total. The van der Waals surface area contributed by atoms with Crippen LogP contribution in [0, 0.1) is 12.3 Å². The summed E-state index contributed by atoms with van der Waals surface area (Å²) in [6.07, 6.45) is 8.21. The average molecular weight is 178 g/mol. The highest BCUT2D eigenvalue weighted by Gasteiger charge is 2.00. The molecule has 0 radical (unpaired) electrons. The fourth-order valence-corrected chi connectivity index (χ4v) is 0.792. The number of carbonyl (C=O) groups is 1. The largest absolute Gasteiger partial charge is 0.327 e. The van der Waals surface area contributed by atoms with Gasteiger partial charge in [0, 0.05) is 13.2 Å². The Balaban J connectivity index is 2.41. The number of urea groups is 1. The Morgan fingerprint density at radius 1 is 1.85 bits per heavy atom. The van der Waals surface area contributed by atoms with Crippen molar-refractivity contribution < 1.29 is 4.79 Å². The van der Waals surface area contributed by atoms with E-state index in [1.807, 2.05) is 0 Å². The molecule has 1 rings (SSSR count). The Bertz CT molecular complexity index is 336. The molecule has 0 bridgehead atoms. The van der Waals surface area contributed by atoms with Gasteiger partial charge in [-0.1, -0.05) is 5.92 Å². The van der Waals surface area contributed by atoms with E-state index >= 15 is 0 Å². The van der Waals surface area contributed by atoms with Gasteiger partial charge in [0.25, 0.3) is 0 Å². The Hall–Kier alpha value is -1.96. The topological polar surface area (TPSA) is 59.0 Å². The highest BCUT2D eigenvalue weighted by atomic mass is 16.2. The minimum absolute atomic E-state index is 0.214. The van der Waals surface area contributed by atoms with Crippen molar-refractivity contribution in [3.8, 4) is 12.3 Å². The van der Waals surface area contributed by atoms with Crippen molar-refractivity contribution in [3.63, 3.8) is 0 Å². The van der Waals surface area contributed by atoms with Gasteiger partial charge in [0.2, 0.25) is 0 Å². The standard InChI is InChI=1S/C8H10N4O/c1-3-4-9-8(13)11-7-5-10-12(2)6-7/h1,5-6H,4H2,2H3,(H2,9,11,13). The Morgan fingerprint density at radius 3 is 3.15 bits per heavy atom. The van der Waals surface area contributed by atoms with Gasteiger partial charge in [0.05, 0.1) is 18.4 Å². The number of terminal acetylenes is 1. The molecule has 0 aliphatic carbocycles. The minimum Gasteiger partial charge on any atom is -0.327 e. The number of aryl methyl sites for hydroxylation is 1. The first-order chi connectivity index (χ1) is 6.22. The van der Waals surface area contributed by atoms with Crippen molar-refractivity contribution in [2.75, 3.05) is 11.9 Å². The molecule has 0 atom stereocenters. The van der Waals surface area contributed by atoms with Crippen LogP contribution in [-0.2, 0) is 7.05 Å². The van der Waals surface area contributed by atoms with E-state index in [-0.39, 0.29) is 12.6 Å². The van der Waals surface area contributed by atoms with Gasteiger partial charge in [-0.25, -0.2) is 4.79 Å². The van der Waals surface area contributed by atoms with E-state index in [1.165, 1.54) is 0 Å². The number of hydrogen-bond donors (Lipinski definition) is 2. The molecule has 0 saturated carbocycles. The summed E-state index contributed by atoms with van der Waals surface area (Å²) in [7, 11) is 1.77. The van der Waals surface area contributed by atoms with Gasteiger partial charge < -0.3 is 10.6 Å². The van der Waals surface area contributed by atoms with Gasteiger partial charge in [-0.3, -0.25) is 4.68 Å². The van der Waals surface area contributed by atoms with Crippen LogP contribution in [0.25, 0.3) is 0 Å². The zero-order valence-corrected chi connectivity index (χ0v) is 7.24. The maximum absolute atomic E-state index is 11.0. The van der Waals surface area contributed by atoms with E-state index in [2.05, 4.69) is 21.7 Å². The monoisotopic (exact) mass is 178 g/mol. The summed E-state index contributed by atoms with van der Waals surface area (Å²) in [4.78, 5) is 11.0. The smallest absolute Gasteiger partial charge is 0.320 e. The van der Waals surface area contributed by atoms with Crippen LogP contribution in [0.4, 0.5) is 10.5 Å². The molecule has 1 heterocycles. The average Bonchev–Trinajstić information content (AvgIpc) is 2.48. The fourth-order valence-electron chi connectivity index (χ4n) is 0.792. The second-order valence-electron chi connectivity index (χ2n) is 2.41. The van der Waals surface area contributed by atoms with E-state index in [0.29, 0.717) is 5.69 Å². The number of amides is 2. The number of nitrogens with one attached hydrogen (secondary N) is 2. The lowest BCUT2D eigenvalue weighted by atomic mass is 10.5. The summed E-state index contributed by atoms with van der Waals surface area (Å²) in [5, 5.41) is 8.92. The lowest BCUT2D eigenvalue weighted by Gasteiger charge is -2.00. The second-order valence-corrected chi connectivity index (χ2v) is 2.41. The Morgan fingerprint density at radius 2 is 2.62 bits per heavy atom. The first kappa shape index (κ1) is 9.13. The van der Waals surface area contributed by atoms with Crippen molar-refractivity contribution in [2.45, 2.75) is 0 Å². The molecule has 0 fully saturated rings. The van der Waals surface area contributed by atoms with Crippen molar-refractivity contribution in [2.24, 2.45) is 7.05 Å². The van der Waals surface area contributed by atoms with Crippen LogP contribution in [0.1, 0.15) is 0 Å². The van der Waals surface area contributed by atoms with E-state index < -0.39 is 0 Å². The highest BCUT2D eigenvalue weighted by molar-refractivity contribution is 5.88. The maximum atomic E-state index is 11.0. The van der Waals surface area contributed by atoms with Crippen molar-refractivity contribution in [3.05, 3.63) is 12.4 Å². The Kier molecular flexibility index (Phi) is 2.92. The zero-order valence-electron chi connectivity index (χ0n) is 7.24. The predicted octanol–water partition coefficient (Wildman–Crippen LogP) is 0.175. The van der Waals surface area contributed by atoms with Gasteiger partial charge in [0.1, 0.15) is 0 Å². The quantitative estimate of drug-likeness (QED) is 0.634. The molecule has 5 heteroatoms. The number of nitrogens with zero attached hydrogens (tertiary/aromatic N) is 2. The first-order valence-electron chi connectivity index (χ1n) is 3.69. The number of carbonyl (C=O) groups excluding carboxylic acids is 1. The molecule has 13 heavy (non-hydrogen) atoms. The summed E-state index contributed by atoms with van der Waals surface area (Å²) in [5.41, 5.74) is 0.636. The third-order valence-corrected chi connectivity index (χ3v) is 1.31. The molecule has 68 valence electrons. The third kappa shape index (κ3) is 2.87. The van der Waals surface area contributed by atoms with Gasteiger partial charge in [-0.15, -0.1) is 6.42 Å². The van der Waals surface area contributed by atoms with Crippen LogP contribution in [-0.4, -0.2) is 22.4 Å². The normalized spacial score (nSPS) is 8.92. The number of aromatic nitrogens is 2. The molecule has 1 aromatic heterocycles. The van der Waals surface area contributed by atoms with Crippen LogP contribution in [0.15, 0.2) is 12.4 Å². The molecular weight excluding hydrogens is 168 g/mol. The first-order valence-corrected chi connectivity index (χ1v) is 3.69. The van der Waals surface area contributed by atoms with Crippen LogP contribution < -0.4 is 10.6 Å². The molecule has 0 aliphatic heterocycles. The lowest BCUT2D eigenvalue weighted by Crippen LogP contribution is -2.28. The van der Waals surface area contributed by atoms with Crippen LogP contribution in [0.2, 0.25) is 0 Å². The Labute approximate surface area is 76.1 Å². The predicted molar refractivity (Wildman–Crippen MR) is 49.1 cm³/mol. The third-order valence-electron chi connectivity index (χ3n) is 1.31. The van der Waals surface area contributed by atoms with Gasteiger partial charge in [0.15, 0.2) is 0 Å². The van der Waals surface area contributed by atoms with E-state index in [9.17, 15) is 4.79 Å². The van der Waals surface area contributed by atoms with E-state index in [4.69, 9.17) is 6.42 Å². The van der Waals surface area contributed by atoms with Gasteiger partial charge in [-0.05, 0) is 0 Å². The van der Waals surface area contributed by atoms with Crippen LogP contribution in [0.3, 0.4) is 0 Å². The highest BCUT2D eigenvalue weighted by Crippen LogP contribution is 2.01. The van der Waals surface area contributed by atoms with Crippen molar-refractivity contribution in [1.29, 1.82) is 0 Å². The number of hydrogen-bond acceptors (Lipinski definition) is 2. The summed E-state index contributed by atoms with van der Waals surface area (Å²) in [6.45, 7) is 0.214. The molecule has 2 amide bonds. The fraction of sp³-hybridized carbons (Fsp3) is 0.250. The van der Waals surface area contributed by atoms with E-state index in [1.54, 1.807) is 24.1 Å².